The number of amides is 1. The summed E-state index contributed by atoms with van der Waals surface area (Å²) in [6.45, 7) is 4.00. The zero-order valence-electron chi connectivity index (χ0n) is 14.6. The van der Waals surface area contributed by atoms with Crippen molar-refractivity contribution < 1.29 is 19.4 Å². The van der Waals surface area contributed by atoms with Crippen LogP contribution in [0.5, 0.6) is 0 Å². The van der Waals surface area contributed by atoms with Gasteiger partial charge < -0.3 is 15.2 Å². The van der Waals surface area contributed by atoms with Crippen molar-refractivity contribution in [1.29, 1.82) is 0 Å². The maximum atomic E-state index is 12.6. The summed E-state index contributed by atoms with van der Waals surface area (Å²) >= 11 is 0. The van der Waals surface area contributed by atoms with Gasteiger partial charge in [-0.1, -0.05) is 32.0 Å². The molecule has 134 valence electrons. The van der Waals surface area contributed by atoms with Crippen molar-refractivity contribution in [2.24, 2.45) is 5.92 Å². The van der Waals surface area contributed by atoms with Gasteiger partial charge in [0, 0.05) is 7.11 Å². The Morgan fingerprint density at radius 1 is 1.28 bits per heavy atom. The summed E-state index contributed by atoms with van der Waals surface area (Å²) in [7, 11) is 1.53. The van der Waals surface area contributed by atoms with Crippen LogP contribution in [0.4, 0.5) is 0 Å². The predicted octanol–water partition coefficient (Wildman–Crippen LogP) is 2.25. The summed E-state index contributed by atoms with van der Waals surface area (Å²) in [6.07, 6.45) is 1.79. The number of methoxy groups -OCH3 is 1. The van der Waals surface area contributed by atoms with Gasteiger partial charge in [0.25, 0.3) is 5.91 Å². The van der Waals surface area contributed by atoms with E-state index in [2.05, 4.69) is 10.4 Å². The smallest absolute Gasteiger partial charge is 0.326 e. The highest BCUT2D eigenvalue weighted by Gasteiger charge is 2.25. The third-order valence-electron chi connectivity index (χ3n) is 3.71. The molecule has 0 aliphatic rings. The highest BCUT2D eigenvalue weighted by molar-refractivity contribution is 5.97. The molecular formula is C18H23N3O4. The molecule has 0 radical (unpaired) electrons. The molecule has 1 aromatic carbocycles. The molecule has 0 aliphatic carbocycles. The summed E-state index contributed by atoms with van der Waals surface area (Å²) in [5, 5.41) is 16.2. The monoisotopic (exact) mass is 345 g/mol. The van der Waals surface area contributed by atoms with Gasteiger partial charge in [0.1, 0.15) is 6.04 Å². The summed E-state index contributed by atoms with van der Waals surface area (Å²) in [5.41, 5.74) is 1.67. The second kappa shape index (κ2) is 8.43. The van der Waals surface area contributed by atoms with E-state index in [1.807, 2.05) is 44.2 Å². The standard InChI is InChI=1S/C18H23N3O4/c1-12(2)9-15(18(23)24)20-17(22)14-10-19-21(16(14)11-25-3)13-7-5-4-6-8-13/h4-8,10,12,15H,9,11H2,1-3H3,(H,20,22)(H,23,24)/t15-/m1/s1. The Hall–Kier alpha value is -2.67. The van der Waals surface area contributed by atoms with Crippen molar-refractivity contribution in [3.63, 3.8) is 0 Å². The van der Waals surface area contributed by atoms with Gasteiger partial charge in [-0.15, -0.1) is 0 Å². The molecule has 1 atom stereocenters. The van der Waals surface area contributed by atoms with Crippen molar-refractivity contribution in [1.82, 2.24) is 15.1 Å². The molecule has 2 rings (SSSR count). The maximum absolute atomic E-state index is 12.6. The fourth-order valence-electron chi connectivity index (χ4n) is 2.56. The number of rotatable bonds is 8. The van der Waals surface area contributed by atoms with E-state index in [0.29, 0.717) is 17.7 Å². The second-order valence-corrected chi connectivity index (χ2v) is 6.18. The van der Waals surface area contributed by atoms with E-state index in [-0.39, 0.29) is 12.5 Å². The topological polar surface area (TPSA) is 93.4 Å². The van der Waals surface area contributed by atoms with Crippen molar-refractivity contribution in [2.75, 3.05) is 7.11 Å². The molecule has 25 heavy (non-hydrogen) atoms. The summed E-state index contributed by atoms with van der Waals surface area (Å²) < 4.78 is 6.82. The number of carboxylic acids is 1. The van der Waals surface area contributed by atoms with E-state index >= 15 is 0 Å². The number of aliphatic carboxylic acids is 1. The largest absolute Gasteiger partial charge is 0.480 e. The number of nitrogens with zero attached hydrogens (tertiary/aromatic N) is 2. The summed E-state index contributed by atoms with van der Waals surface area (Å²) in [4.78, 5) is 24.0. The zero-order valence-corrected chi connectivity index (χ0v) is 14.6. The average Bonchev–Trinajstić information content (AvgIpc) is 2.98. The molecule has 7 nitrogen and oxygen atoms in total. The Balaban J connectivity index is 2.30. The molecule has 1 aromatic heterocycles. The number of ether oxygens (including phenoxy) is 1. The van der Waals surface area contributed by atoms with Crippen LogP contribution in [0, 0.1) is 5.92 Å². The molecule has 2 aromatic rings. The number of carbonyl (C=O) groups excluding carboxylic acids is 1. The van der Waals surface area contributed by atoms with E-state index in [1.54, 1.807) is 4.68 Å². The second-order valence-electron chi connectivity index (χ2n) is 6.18. The fourth-order valence-corrected chi connectivity index (χ4v) is 2.56. The first-order valence-corrected chi connectivity index (χ1v) is 8.09. The number of benzene rings is 1. The number of para-hydroxylation sites is 1. The zero-order chi connectivity index (χ0) is 18.4. The Kier molecular flexibility index (Phi) is 6.30. The van der Waals surface area contributed by atoms with E-state index < -0.39 is 17.9 Å². The van der Waals surface area contributed by atoms with Crippen molar-refractivity contribution in [3.05, 3.63) is 47.8 Å². The lowest BCUT2D eigenvalue weighted by Crippen LogP contribution is -2.41. The van der Waals surface area contributed by atoms with Crippen LogP contribution in [0.2, 0.25) is 0 Å². The Morgan fingerprint density at radius 2 is 1.96 bits per heavy atom. The predicted molar refractivity (Wildman–Crippen MR) is 92.6 cm³/mol. The lowest BCUT2D eigenvalue weighted by Gasteiger charge is -2.16. The average molecular weight is 345 g/mol. The molecule has 0 spiro atoms. The number of carbonyl (C=O) groups is 2. The molecule has 0 bridgehead atoms. The fraction of sp³-hybridized carbons (Fsp3) is 0.389. The van der Waals surface area contributed by atoms with Crippen molar-refractivity contribution >= 4 is 11.9 Å². The highest BCUT2D eigenvalue weighted by Crippen LogP contribution is 2.17. The normalized spacial score (nSPS) is 12.2. The minimum atomic E-state index is -1.05. The molecular weight excluding hydrogens is 322 g/mol. The molecule has 0 saturated heterocycles. The first-order chi connectivity index (χ1) is 11.9. The lowest BCUT2D eigenvalue weighted by molar-refractivity contribution is -0.139. The van der Waals surface area contributed by atoms with Crippen LogP contribution in [0.15, 0.2) is 36.5 Å². The molecule has 0 fully saturated rings. The third-order valence-corrected chi connectivity index (χ3v) is 3.71. The Labute approximate surface area is 146 Å². The van der Waals surface area contributed by atoms with Gasteiger partial charge in [0.2, 0.25) is 0 Å². The van der Waals surface area contributed by atoms with Gasteiger partial charge in [-0.05, 0) is 24.5 Å². The SMILES string of the molecule is COCc1c(C(=O)N[C@H](CC(C)C)C(=O)O)cnn1-c1ccccc1. The number of hydrogen-bond acceptors (Lipinski definition) is 4. The van der Waals surface area contributed by atoms with Gasteiger partial charge >= 0.3 is 5.97 Å². The molecule has 7 heteroatoms. The third kappa shape index (κ3) is 4.67. The van der Waals surface area contributed by atoms with E-state index in [4.69, 9.17) is 4.74 Å². The number of nitrogens with one attached hydrogen (secondary N) is 1. The van der Waals surface area contributed by atoms with E-state index in [1.165, 1.54) is 13.3 Å². The van der Waals surface area contributed by atoms with Crippen LogP contribution < -0.4 is 5.32 Å². The van der Waals surface area contributed by atoms with Gasteiger partial charge in [0.15, 0.2) is 0 Å². The Bertz CT molecular complexity index is 725. The van der Waals surface area contributed by atoms with Gasteiger partial charge in [0.05, 0.1) is 29.7 Å². The lowest BCUT2D eigenvalue weighted by atomic mass is 10.0. The first-order valence-electron chi connectivity index (χ1n) is 8.09. The molecule has 1 amide bonds. The first kappa shape index (κ1) is 18.7. The molecule has 0 aliphatic heterocycles. The summed E-state index contributed by atoms with van der Waals surface area (Å²) in [6, 6.07) is 8.43. The van der Waals surface area contributed by atoms with Crippen LogP contribution in [-0.4, -0.2) is 39.9 Å². The van der Waals surface area contributed by atoms with Gasteiger partial charge in [-0.2, -0.15) is 5.10 Å². The number of aromatic nitrogens is 2. The molecule has 1 heterocycles. The molecule has 0 saturated carbocycles. The van der Waals surface area contributed by atoms with Crippen LogP contribution >= 0.6 is 0 Å². The van der Waals surface area contributed by atoms with Crippen molar-refractivity contribution in [2.45, 2.75) is 32.9 Å². The quantitative estimate of drug-likeness (QED) is 0.765. The Morgan fingerprint density at radius 3 is 2.52 bits per heavy atom. The minimum Gasteiger partial charge on any atom is -0.480 e. The van der Waals surface area contributed by atoms with Crippen LogP contribution in [-0.2, 0) is 16.1 Å². The highest BCUT2D eigenvalue weighted by atomic mass is 16.5. The van der Waals surface area contributed by atoms with Crippen LogP contribution in [0.3, 0.4) is 0 Å². The van der Waals surface area contributed by atoms with Crippen LogP contribution in [0.25, 0.3) is 5.69 Å². The minimum absolute atomic E-state index is 0.145. The number of hydrogen-bond donors (Lipinski definition) is 2. The van der Waals surface area contributed by atoms with Gasteiger partial charge in [-0.25, -0.2) is 9.48 Å². The van der Waals surface area contributed by atoms with Gasteiger partial charge in [-0.3, -0.25) is 4.79 Å². The maximum Gasteiger partial charge on any atom is 0.326 e. The molecule has 0 unspecified atom stereocenters. The van der Waals surface area contributed by atoms with E-state index in [0.717, 1.165) is 5.69 Å². The van der Waals surface area contributed by atoms with E-state index in [9.17, 15) is 14.7 Å². The summed E-state index contributed by atoms with van der Waals surface area (Å²) in [5.74, 6) is -1.38. The van der Waals surface area contributed by atoms with Crippen LogP contribution in [0.1, 0.15) is 36.3 Å². The number of carboxylic acid groups (broad SMARTS) is 1. The molecule has 2 N–H and O–H groups in total. The van der Waals surface area contributed by atoms with Crippen molar-refractivity contribution in [3.8, 4) is 5.69 Å².